The fraction of sp³-hybridized carbons (Fsp3) is 0.444. The van der Waals surface area contributed by atoms with Gasteiger partial charge in [0, 0.05) is 24.8 Å². The van der Waals surface area contributed by atoms with E-state index >= 15 is 0 Å². The number of carbonyl (C=O) groups is 1. The summed E-state index contributed by atoms with van der Waals surface area (Å²) in [5.74, 6) is 1.30. The zero-order valence-electron chi connectivity index (χ0n) is 14.7. The SMILES string of the molecule is CCC(C)Oc1ccc(NC(=O)N2CCCn3nc(N)cc3C2)cc1. The number of benzene rings is 1. The number of aryl methyl sites for hydroxylation is 1. The summed E-state index contributed by atoms with van der Waals surface area (Å²) in [6.45, 7) is 6.08. The van der Waals surface area contributed by atoms with E-state index in [1.54, 1.807) is 4.90 Å². The summed E-state index contributed by atoms with van der Waals surface area (Å²) < 4.78 is 7.63. The molecule has 0 saturated heterocycles. The Balaban J connectivity index is 1.62. The second-order valence-electron chi connectivity index (χ2n) is 6.35. The molecule has 2 heterocycles. The van der Waals surface area contributed by atoms with Crippen LogP contribution in [-0.2, 0) is 13.1 Å². The number of amides is 2. The van der Waals surface area contributed by atoms with Crippen molar-refractivity contribution in [3.05, 3.63) is 36.0 Å². The molecule has 1 unspecified atom stereocenters. The van der Waals surface area contributed by atoms with Gasteiger partial charge in [0.05, 0.1) is 18.3 Å². The van der Waals surface area contributed by atoms with E-state index in [9.17, 15) is 4.79 Å². The van der Waals surface area contributed by atoms with Crippen LogP contribution in [0.3, 0.4) is 0 Å². The maximum Gasteiger partial charge on any atom is 0.322 e. The third-order valence-corrected chi connectivity index (χ3v) is 4.34. The van der Waals surface area contributed by atoms with E-state index in [1.165, 1.54) is 0 Å². The van der Waals surface area contributed by atoms with Gasteiger partial charge in [0.1, 0.15) is 11.6 Å². The van der Waals surface area contributed by atoms with E-state index < -0.39 is 0 Å². The fourth-order valence-corrected chi connectivity index (χ4v) is 2.79. The Morgan fingerprint density at radius 1 is 1.36 bits per heavy atom. The molecule has 0 spiro atoms. The maximum absolute atomic E-state index is 12.6. The molecule has 7 heteroatoms. The van der Waals surface area contributed by atoms with Gasteiger partial charge in [0.15, 0.2) is 0 Å². The maximum atomic E-state index is 12.6. The second kappa shape index (κ2) is 7.46. The van der Waals surface area contributed by atoms with Gasteiger partial charge in [-0.05, 0) is 44.0 Å². The highest BCUT2D eigenvalue weighted by atomic mass is 16.5. The highest BCUT2D eigenvalue weighted by molar-refractivity contribution is 5.89. The van der Waals surface area contributed by atoms with Gasteiger partial charge in [0.25, 0.3) is 0 Å². The number of hydrogen-bond donors (Lipinski definition) is 2. The van der Waals surface area contributed by atoms with Crippen LogP contribution in [0.4, 0.5) is 16.3 Å². The van der Waals surface area contributed by atoms with Crippen molar-refractivity contribution in [1.29, 1.82) is 0 Å². The van der Waals surface area contributed by atoms with Gasteiger partial charge in [-0.25, -0.2) is 4.79 Å². The number of nitrogens with one attached hydrogen (secondary N) is 1. The Labute approximate surface area is 147 Å². The number of hydrogen-bond acceptors (Lipinski definition) is 4. The van der Waals surface area contributed by atoms with Crippen molar-refractivity contribution in [3.63, 3.8) is 0 Å². The molecule has 0 bridgehead atoms. The van der Waals surface area contributed by atoms with Crippen LogP contribution in [-0.4, -0.2) is 33.4 Å². The highest BCUT2D eigenvalue weighted by Crippen LogP contribution is 2.19. The van der Waals surface area contributed by atoms with Gasteiger partial charge in [-0.3, -0.25) is 4.68 Å². The monoisotopic (exact) mass is 343 g/mol. The lowest BCUT2D eigenvalue weighted by molar-refractivity contribution is 0.210. The Hall–Kier alpha value is -2.70. The molecule has 1 atom stereocenters. The average Bonchev–Trinajstić information content (AvgIpc) is 2.83. The van der Waals surface area contributed by atoms with Gasteiger partial charge >= 0.3 is 6.03 Å². The van der Waals surface area contributed by atoms with Crippen molar-refractivity contribution in [3.8, 4) is 5.75 Å². The Morgan fingerprint density at radius 2 is 2.12 bits per heavy atom. The molecule has 2 amide bonds. The quantitative estimate of drug-likeness (QED) is 0.893. The number of nitrogens with two attached hydrogens (primary N) is 1. The topological polar surface area (TPSA) is 85.4 Å². The first-order chi connectivity index (χ1) is 12.0. The minimum atomic E-state index is -0.121. The van der Waals surface area contributed by atoms with Crippen LogP contribution < -0.4 is 15.8 Å². The van der Waals surface area contributed by atoms with Crippen molar-refractivity contribution in [2.75, 3.05) is 17.6 Å². The smallest absolute Gasteiger partial charge is 0.322 e. The molecule has 7 nitrogen and oxygen atoms in total. The van der Waals surface area contributed by atoms with E-state index in [0.29, 0.717) is 18.9 Å². The van der Waals surface area contributed by atoms with Crippen LogP contribution in [0.25, 0.3) is 0 Å². The van der Waals surface area contributed by atoms with E-state index in [1.807, 2.05) is 41.9 Å². The van der Waals surface area contributed by atoms with Crippen molar-refractivity contribution < 1.29 is 9.53 Å². The summed E-state index contributed by atoms with van der Waals surface area (Å²) >= 11 is 0. The van der Waals surface area contributed by atoms with Crippen LogP contribution >= 0.6 is 0 Å². The van der Waals surface area contributed by atoms with E-state index in [0.717, 1.165) is 36.5 Å². The minimum Gasteiger partial charge on any atom is -0.491 e. The van der Waals surface area contributed by atoms with Gasteiger partial charge in [-0.1, -0.05) is 6.92 Å². The lowest BCUT2D eigenvalue weighted by atomic mass is 10.3. The number of rotatable bonds is 4. The molecule has 0 fully saturated rings. The molecule has 0 radical (unpaired) electrons. The molecule has 1 aromatic carbocycles. The molecule has 2 aromatic rings. The van der Waals surface area contributed by atoms with Gasteiger partial charge in [0.2, 0.25) is 0 Å². The Kier molecular flexibility index (Phi) is 5.11. The highest BCUT2D eigenvalue weighted by Gasteiger charge is 2.20. The molecule has 0 saturated carbocycles. The Bertz CT molecular complexity index is 726. The van der Waals surface area contributed by atoms with Crippen molar-refractivity contribution in [1.82, 2.24) is 14.7 Å². The van der Waals surface area contributed by atoms with Crippen LogP contribution in [0.15, 0.2) is 30.3 Å². The van der Waals surface area contributed by atoms with Gasteiger partial charge in [-0.2, -0.15) is 5.10 Å². The van der Waals surface area contributed by atoms with Gasteiger partial charge < -0.3 is 20.7 Å². The molecule has 1 aromatic heterocycles. The van der Waals surface area contributed by atoms with Crippen molar-refractivity contribution in [2.45, 2.75) is 45.9 Å². The summed E-state index contributed by atoms with van der Waals surface area (Å²) in [7, 11) is 0. The molecular weight excluding hydrogens is 318 g/mol. The number of carbonyl (C=O) groups excluding carboxylic acids is 1. The number of ether oxygens (including phenoxy) is 1. The molecule has 3 rings (SSSR count). The molecule has 134 valence electrons. The molecule has 1 aliphatic rings. The molecular formula is C18H25N5O2. The van der Waals surface area contributed by atoms with Crippen molar-refractivity contribution >= 4 is 17.5 Å². The lowest BCUT2D eigenvalue weighted by Crippen LogP contribution is -2.34. The number of anilines is 2. The summed E-state index contributed by atoms with van der Waals surface area (Å²) in [5, 5.41) is 7.19. The third kappa shape index (κ3) is 4.23. The summed E-state index contributed by atoms with van der Waals surface area (Å²) in [6, 6.07) is 9.17. The predicted octanol–water partition coefficient (Wildman–Crippen LogP) is 3.08. The van der Waals surface area contributed by atoms with E-state index in [4.69, 9.17) is 10.5 Å². The largest absolute Gasteiger partial charge is 0.491 e. The standard InChI is InChI=1S/C18H25N5O2/c1-3-13(2)25-16-7-5-14(6-8-16)20-18(24)22-9-4-10-23-15(12-22)11-17(19)21-23/h5-8,11,13H,3-4,9-10,12H2,1-2H3,(H2,19,21)(H,20,24). The molecule has 1 aliphatic heterocycles. The van der Waals surface area contributed by atoms with Gasteiger partial charge in [-0.15, -0.1) is 0 Å². The van der Waals surface area contributed by atoms with Crippen LogP contribution in [0.2, 0.25) is 0 Å². The number of urea groups is 1. The first-order valence-electron chi connectivity index (χ1n) is 8.70. The third-order valence-electron chi connectivity index (χ3n) is 4.34. The molecule has 3 N–H and O–H groups in total. The van der Waals surface area contributed by atoms with Crippen LogP contribution in [0.1, 0.15) is 32.4 Å². The summed E-state index contributed by atoms with van der Waals surface area (Å²) in [4.78, 5) is 14.3. The fourth-order valence-electron chi connectivity index (χ4n) is 2.79. The normalized spacial score (nSPS) is 15.2. The summed E-state index contributed by atoms with van der Waals surface area (Å²) in [6.07, 6.45) is 1.98. The number of aromatic nitrogens is 2. The average molecular weight is 343 g/mol. The van der Waals surface area contributed by atoms with Crippen LogP contribution in [0.5, 0.6) is 5.75 Å². The minimum absolute atomic E-state index is 0.121. The van der Waals surface area contributed by atoms with Crippen LogP contribution in [0, 0.1) is 0 Å². The van der Waals surface area contributed by atoms with Crippen molar-refractivity contribution in [2.24, 2.45) is 0 Å². The predicted molar refractivity (Wildman–Crippen MR) is 97.5 cm³/mol. The zero-order valence-corrected chi connectivity index (χ0v) is 14.7. The second-order valence-corrected chi connectivity index (χ2v) is 6.35. The lowest BCUT2D eigenvalue weighted by Gasteiger charge is -2.20. The Morgan fingerprint density at radius 3 is 2.84 bits per heavy atom. The number of nitrogens with zero attached hydrogens (tertiary/aromatic N) is 3. The van der Waals surface area contributed by atoms with E-state index in [-0.39, 0.29) is 12.1 Å². The first-order valence-corrected chi connectivity index (χ1v) is 8.70. The van der Waals surface area contributed by atoms with E-state index in [2.05, 4.69) is 17.3 Å². The number of fused-ring (bicyclic) bond motifs is 1. The zero-order chi connectivity index (χ0) is 17.8. The summed E-state index contributed by atoms with van der Waals surface area (Å²) in [5.41, 5.74) is 7.46. The molecule has 25 heavy (non-hydrogen) atoms. The first kappa shape index (κ1) is 17.1. The molecule has 0 aliphatic carbocycles. The number of nitrogen functional groups attached to an aromatic ring is 1.